The molecule has 6 rings (SSSR count). The number of rotatable bonds is 5. The summed E-state index contributed by atoms with van der Waals surface area (Å²) in [6, 6.07) is 19.2. The molecule has 1 aliphatic rings. The van der Waals surface area contributed by atoms with E-state index in [9.17, 15) is 19.8 Å². The van der Waals surface area contributed by atoms with E-state index in [1.54, 1.807) is 61.7 Å². The number of hydrogen-bond donors (Lipinski definition) is 2. The van der Waals surface area contributed by atoms with Crippen molar-refractivity contribution in [2.75, 3.05) is 12.0 Å². The number of thiazole rings is 1. The summed E-state index contributed by atoms with van der Waals surface area (Å²) >= 11 is 1.22. The number of aromatic nitrogens is 1. The van der Waals surface area contributed by atoms with Gasteiger partial charge in [-0.25, -0.2) is 4.98 Å². The number of carbonyl (C=O) groups is 2. The number of aliphatic hydroxyl groups excluding tert-OH is 1. The number of ether oxygens (including phenoxy) is 1. The van der Waals surface area contributed by atoms with Gasteiger partial charge in [-0.15, -0.1) is 0 Å². The van der Waals surface area contributed by atoms with Gasteiger partial charge in [0.25, 0.3) is 5.91 Å². The quantitative estimate of drug-likeness (QED) is 0.306. The van der Waals surface area contributed by atoms with Crippen LogP contribution in [0.4, 0.5) is 5.13 Å². The Morgan fingerprint density at radius 3 is 2.67 bits per heavy atom. The highest BCUT2D eigenvalue weighted by Crippen LogP contribution is 2.45. The van der Waals surface area contributed by atoms with Gasteiger partial charge in [0.2, 0.25) is 5.78 Å². The van der Waals surface area contributed by atoms with Crippen LogP contribution in [0.25, 0.3) is 21.2 Å². The number of fused-ring (bicyclic) bond motifs is 2. The summed E-state index contributed by atoms with van der Waals surface area (Å²) in [4.78, 5) is 33.0. The number of carbonyl (C=O) groups excluding carboxylic acids is 2. The zero-order valence-electron chi connectivity index (χ0n) is 18.8. The lowest BCUT2D eigenvalue weighted by molar-refractivity contribution is -0.117. The zero-order valence-corrected chi connectivity index (χ0v) is 19.7. The number of phenolic OH excluding ortho intramolecular Hbond substituents is 1. The molecule has 8 nitrogen and oxygen atoms in total. The van der Waals surface area contributed by atoms with Crippen LogP contribution in [0, 0.1) is 0 Å². The van der Waals surface area contributed by atoms with Crippen molar-refractivity contribution in [1.29, 1.82) is 0 Å². The van der Waals surface area contributed by atoms with Crippen molar-refractivity contribution in [3.05, 3.63) is 95.5 Å². The van der Waals surface area contributed by atoms with Gasteiger partial charge in [-0.1, -0.05) is 41.7 Å². The monoisotopic (exact) mass is 498 g/mol. The van der Waals surface area contributed by atoms with E-state index in [-0.39, 0.29) is 22.2 Å². The van der Waals surface area contributed by atoms with Crippen LogP contribution in [-0.2, 0) is 4.79 Å². The molecule has 0 saturated heterocycles. The Hall–Kier alpha value is -4.63. The lowest BCUT2D eigenvalue weighted by atomic mass is 9.95. The highest BCUT2D eigenvalue weighted by molar-refractivity contribution is 7.22. The highest BCUT2D eigenvalue weighted by atomic mass is 32.1. The molecule has 1 amide bonds. The molecule has 0 saturated carbocycles. The lowest BCUT2D eigenvalue weighted by Crippen LogP contribution is -2.30. The van der Waals surface area contributed by atoms with E-state index in [1.165, 1.54) is 28.4 Å². The number of benzene rings is 3. The second-order valence-electron chi connectivity index (χ2n) is 8.24. The number of hydrogen-bond acceptors (Lipinski definition) is 8. The Kier molecular flexibility index (Phi) is 5.01. The fourth-order valence-electron chi connectivity index (χ4n) is 4.39. The Balaban J connectivity index is 1.51. The van der Waals surface area contributed by atoms with Crippen molar-refractivity contribution in [1.82, 2.24) is 4.98 Å². The van der Waals surface area contributed by atoms with Gasteiger partial charge < -0.3 is 19.4 Å². The average molecular weight is 499 g/mol. The zero-order chi connectivity index (χ0) is 25.0. The van der Waals surface area contributed by atoms with Crippen LogP contribution in [-0.4, -0.2) is 34.0 Å². The average Bonchev–Trinajstić information content (AvgIpc) is 3.57. The predicted molar refractivity (Wildman–Crippen MR) is 135 cm³/mol. The van der Waals surface area contributed by atoms with Gasteiger partial charge in [-0.2, -0.15) is 0 Å². The largest absolute Gasteiger partial charge is 0.508 e. The summed E-state index contributed by atoms with van der Waals surface area (Å²) in [5, 5.41) is 22.1. The normalized spacial score (nSPS) is 15.9. The number of furan rings is 1. The molecular formula is C27H18N2O6S. The van der Waals surface area contributed by atoms with Crippen LogP contribution < -0.4 is 9.64 Å². The first-order valence-electron chi connectivity index (χ1n) is 11.0. The third kappa shape index (κ3) is 3.40. The second-order valence-corrected chi connectivity index (χ2v) is 9.25. The summed E-state index contributed by atoms with van der Waals surface area (Å²) in [6.07, 6.45) is 0. The Morgan fingerprint density at radius 1 is 1.06 bits per heavy atom. The molecular weight excluding hydrogens is 480 g/mol. The van der Waals surface area contributed by atoms with E-state index >= 15 is 0 Å². The predicted octanol–water partition coefficient (Wildman–Crippen LogP) is 5.54. The summed E-state index contributed by atoms with van der Waals surface area (Å²) in [5.74, 6) is -1.51. The van der Waals surface area contributed by atoms with Gasteiger partial charge in [0.1, 0.15) is 17.1 Å². The van der Waals surface area contributed by atoms with Crippen LogP contribution in [0.5, 0.6) is 11.5 Å². The third-order valence-electron chi connectivity index (χ3n) is 6.08. The standard InChI is InChI=1S/C27H18N2O6S/c1-34-17-9-10-18-21(13-17)36-27(28-18)29-23(15-6-4-7-16(30)11-15)22(25(32)26(29)33)24(31)20-12-14-5-2-3-8-19(14)35-20/h2-13,23,30,32H,1H3. The molecule has 9 heteroatoms. The number of amides is 1. The minimum atomic E-state index is -1.03. The van der Waals surface area contributed by atoms with Gasteiger partial charge in [0, 0.05) is 5.39 Å². The molecule has 1 atom stereocenters. The molecule has 0 spiro atoms. The number of nitrogens with zero attached hydrogens (tertiary/aromatic N) is 2. The minimum absolute atomic E-state index is 0.00779. The molecule has 0 bridgehead atoms. The van der Waals surface area contributed by atoms with E-state index in [4.69, 9.17) is 9.15 Å². The van der Waals surface area contributed by atoms with Gasteiger partial charge >= 0.3 is 0 Å². The van der Waals surface area contributed by atoms with Crippen molar-refractivity contribution < 1.29 is 29.0 Å². The van der Waals surface area contributed by atoms with E-state index in [0.29, 0.717) is 22.4 Å². The topological polar surface area (TPSA) is 113 Å². The first-order valence-corrected chi connectivity index (χ1v) is 11.8. The Morgan fingerprint density at radius 2 is 1.89 bits per heavy atom. The van der Waals surface area contributed by atoms with Crippen molar-refractivity contribution in [2.24, 2.45) is 0 Å². The number of methoxy groups -OCH3 is 1. The molecule has 178 valence electrons. The van der Waals surface area contributed by atoms with Gasteiger partial charge in [0.15, 0.2) is 16.7 Å². The molecule has 1 unspecified atom stereocenters. The third-order valence-corrected chi connectivity index (χ3v) is 7.10. The molecule has 0 radical (unpaired) electrons. The molecule has 5 aromatic rings. The summed E-state index contributed by atoms with van der Waals surface area (Å²) in [6.45, 7) is 0. The molecule has 3 heterocycles. The number of phenols is 1. The van der Waals surface area contributed by atoms with E-state index in [1.807, 2.05) is 6.07 Å². The molecule has 0 fully saturated rings. The molecule has 36 heavy (non-hydrogen) atoms. The summed E-state index contributed by atoms with van der Waals surface area (Å²) in [7, 11) is 1.56. The first kappa shape index (κ1) is 21.9. The van der Waals surface area contributed by atoms with E-state index in [0.717, 1.165) is 10.1 Å². The minimum Gasteiger partial charge on any atom is -0.508 e. The lowest BCUT2D eigenvalue weighted by Gasteiger charge is -2.24. The number of aliphatic hydroxyl groups is 1. The van der Waals surface area contributed by atoms with Crippen molar-refractivity contribution in [2.45, 2.75) is 6.04 Å². The van der Waals surface area contributed by atoms with Gasteiger partial charge in [-0.05, 0) is 48.0 Å². The van der Waals surface area contributed by atoms with E-state index in [2.05, 4.69) is 4.98 Å². The van der Waals surface area contributed by atoms with Crippen LogP contribution in [0.1, 0.15) is 22.2 Å². The number of ketones is 1. The number of aromatic hydroxyl groups is 1. The maximum absolute atomic E-state index is 13.7. The molecule has 2 N–H and O–H groups in total. The highest BCUT2D eigenvalue weighted by Gasteiger charge is 2.46. The first-order chi connectivity index (χ1) is 17.4. The number of Topliss-reactive ketones (excluding diaryl/α,β-unsaturated/α-hetero) is 1. The van der Waals surface area contributed by atoms with Crippen molar-refractivity contribution in [3.8, 4) is 11.5 Å². The maximum Gasteiger partial charge on any atom is 0.296 e. The second kappa shape index (κ2) is 8.24. The molecule has 0 aliphatic carbocycles. The molecule has 2 aromatic heterocycles. The van der Waals surface area contributed by atoms with Crippen LogP contribution in [0.2, 0.25) is 0 Å². The van der Waals surface area contributed by atoms with Gasteiger partial charge in [0.05, 0.1) is 28.9 Å². The SMILES string of the molecule is COc1ccc2nc(N3C(=O)C(O)=C(C(=O)c4cc5ccccc5o4)C3c3cccc(O)c3)sc2c1. The summed E-state index contributed by atoms with van der Waals surface area (Å²) < 4.78 is 11.8. The number of anilines is 1. The van der Waals surface area contributed by atoms with E-state index < -0.39 is 23.5 Å². The Bertz CT molecular complexity index is 1680. The van der Waals surface area contributed by atoms with Crippen LogP contribution in [0.3, 0.4) is 0 Å². The van der Waals surface area contributed by atoms with Crippen LogP contribution >= 0.6 is 11.3 Å². The number of para-hydroxylation sites is 1. The molecule has 1 aliphatic heterocycles. The fourth-order valence-corrected chi connectivity index (χ4v) is 5.41. The van der Waals surface area contributed by atoms with Gasteiger partial charge in [-0.3, -0.25) is 14.5 Å². The molecule has 3 aromatic carbocycles. The Labute approximate surface area is 208 Å². The van der Waals surface area contributed by atoms with Crippen molar-refractivity contribution >= 4 is 49.3 Å². The van der Waals surface area contributed by atoms with Crippen molar-refractivity contribution in [3.63, 3.8) is 0 Å². The fraction of sp³-hybridized carbons (Fsp3) is 0.0741. The van der Waals surface area contributed by atoms with Crippen LogP contribution in [0.15, 0.2) is 88.5 Å². The smallest absolute Gasteiger partial charge is 0.296 e. The summed E-state index contributed by atoms with van der Waals surface area (Å²) in [5.41, 5.74) is 1.43. The maximum atomic E-state index is 13.7.